The van der Waals surface area contributed by atoms with Crippen LogP contribution in [0.5, 0.6) is 0 Å². The maximum absolute atomic E-state index is 12.1. The molecule has 1 amide bonds. The molecule has 1 aromatic heterocycles. The van der Waals surface area contributed by atoms with Crippen LogP contribution < -0.4 is 5.32 Å². The molecular weight excluding hydrogens is 322 g/mol. The summed E-state index contributed by atoms with van der Waals surface area (Å²) in [5.74, 6) is 1.36. The van der Waals surface area contributed by atoms with Crippen LogP contribution in [-0.4, -0.2) is 44.4 Å². The summed E-state index contributed by atoms with van der Waals surface area (Å²) in [6, 6.07) is 8.23. The van der Waals surface area contributed by atoms with E-state index in [2.05, 4.69) is 34.6 Å². The molecule has 2 rings (SSSR count). The van der Waals surface area contributed by atoms with Crippen molar-refractivity contribution in [3.8, 4) is 0 Å². The molecule has 0 radical (unpaired) electrons. The van der Waals surface area contributed by atoms with E-state index >= 15 is 0 Å². The van der Waals surface area contributed by atoms with Crippen molar-refractivity contribution in [2.45, 2.75) is 32.5 Å². The maximum atomic E-state index is 12.1. The fourth-order valence-electron chi connectivity index (χ4n) is 2.27. The number of amides is 1. The Morgan fingerprint density at radius 2 is 1.88 bits per heavy atom. The van der Waals surface area contributed by atoms with Gasteiger partial charge in [-0.1, -0.05) is 29.5 Å². The van der Waals surface area contributed by atoms with Crippen LogP contribution in [0.3, 0.4) is 0 Å². The predicted molar refractivity (Wildman–Crippen MR) is 98.2 cm³/mol. The number of anilines is 1. The molecule has 24 heavy (non-hydrogen) atoms. The Labute approximate surface area is 147 Å². The fraction of sp³-hybridized carbons (Fsp3) is 0.471. The van der Waals surface area contributed by atoms with Crippen LogP contribution in [0, 0.1) is 6.92 Å². The molecular formula is C17H25N5OS. The van der Waals surface area contributed by atoms with Crippen LogP contribution in [0.25, 0.3) is 0 Å². The number of nitrogens with zero attached hydrogens (tertiary/aromatic N) is 4. The molecule has 0 spiro atoms. The fourth-order valence-corrected chi connectivity index (χ4v) is 3.10. The highest BCUT2D eigenvalue weighted by Crippen LogP contribution is 2.17. The zero-order valence-corrected chi connectivity index (χ0v) is 15.6. The van der Waals surface area contributed by atoms with E-state index in [1.165, 1.54) is 17.3 Å². The van der Waals surface area contributed by atoms with Gasteiger partial charge in [0.25, 0.3) is 0 Å². The monoisotopic (exact) mass is 347 g/mol. The summed E-state index contributed by atoms with van der Waals surface area (Å²) in [4.78, 5) is 13.9. The SMILES string of the molecule is CCN(CC)C(=O)CSc1nnc(CNc2ccc(C)cc2)n1C. The molecule has 0 aliphatic heterocycles. The second kappa shape index (κ2) is 8.73. The lowest BCUT2D eigenvalue weighted by Gasteiger charge is -2.17. The zero-order chi connectivity index (χ0) is 17.5. The van der Waals surface area contributed by atoms with E-state index in [-0.39, 0.29) is 5.91 Å². The van der Waals surface area contributed by atoms with Crippen molar-refractivity contribution in [1.29, 1.82) is 0 Å². The van der Waals surface area contributed by atoms with Gasteiger partial charge in [0.15, 0.2) is 11.0 Å². The Hall–Kier alpha value is -2.02. The molecule has 2 aromatic rings. The van der Waals surface area contributed by atoms with Gasteiger partial charge >= 0.3 is 0 Å². The number of hydrogen-bond donors (Lipinski definition) is 1. The molecule has 1 N–H and O–H groups in total. The van der Waals surface area contributed by atoms with Gasteiger partial charge in [0.05, 0.1) is 12.3 Å². The standard InChI is InChI=1S/C17H25N5OS/c1-5-22(6-2)16(23)12-24-17-20-19-15(21(17)4)11-18-14-9-7-13(3)8-10-14/h7-10,18H,5-6,11-12H2,1-4H3. The molecule has 0 aliphatic carbocycles. The molecule has 0 fully saturated rings. The average Bonchev–Trinajstić information content (AvgIpc) is 2.93. The molecule has 0 saturated heterocycles. The number of rotatable bonds is 8. The predicted octanol–water partition coefficient (Wildman–Crippen LogP) is 2.70. The van der Waals surface area contributed by atoms with Crippen LogP contribution in [0.15, 0.2) is 29.4 Å². The van der Waals surface area contributed by atoms with Crippen molar-refractivity contribution in [1.82, 2.24) is 19.7 Å². The Balaban J connectivity index is 1.91. The van der Waals surface area contributed by atoms with E-state index in [0.29, 0.717) is 12.3 Å². The van der Waals surface area contributed by atoms with Gasteiger partial charge < -0.3 is 14.8 Å². The number of aryl methyl sites for hydroxylation is 1. The summed E-state index contributed by atoms with van der Waals surface area (Å²) in [7, 11) is 1.93. The summed E-state index contributed by atoms with van der Waals surface area (Å²) in [6.45, 7) is 8.11. The van der Waals surface area contributed by atoms with Gasteiger partial charge in [-0.05, 0) is 32.9 Å². The highest BCUT2D eigenvalue weighted by Gasteiger charge is 2.14. The summed E-state index contributed by atoms with van der Waals surface area (Å²) in [6.07, 6.45) is 0. The van der Waals surface area contributed by atoms with Crippen molar-refractivity contribution in [2.24, 2.45) is 7.05 Å². The summed E-state index contributed by atoms with van der Waals surface area (Å²) >= 11 is 1.43. The number of benzene rings is 1. The van der Waals surface area contributed by atoms with E-state index in [9.17, 15) is 4.79 Å². The van der Waals surface area contributed by atoms with Crippen molar-refractivity contribution in [2.75, 3.05) is 24.2 Å². The van der Waals surface area contributed by atoms with Crippen molar-refractivity contribution < 1.29 is 4.79 Å². The van der Waals surface area contributed by atoms with Gasteiger partial charge in [0.1, 0.15) is 0 Å². The number of carbonyl (C=O) groups excluding carboxylic acids is 1. The van der Waals surface area contributed by atoms with Crippen molar-refractivity contribution >= 4 is 23.4 Å². The lowest BCUT2D eigenvalue weighted by molar-refractivity contribution is -0.127. The Bertz CT molecular complexity index is 664. The third-order valence-corrected chi connectivity index (χ3v) is 4.87. The summed E-state index contributed by atoms with van der Waals surface area (Å²) in [5.41, 5.74) is 2.28. The summed E-state index contributed by atoms with van der Waals surface area (Å²) < 4.78 is 1.93. The smallest absolute Gasteiger partial charge is 0.233 e. The Kier molecular flexibility index (Phi) is 6.66. The third kappa shape index (κ3) is 4.74. The van der Waals surface area contributed by atoms with Crippen molar-refractivity contribution in [3.05, 3.63) is 35.7 Å². The number of hydrogen-bond acceptors (Lipinski definition) is 5. The van der Waals surface area contributed by atoms with Crippen LogP contribution in [0.2, 0.25) is 0 Å². The van der Waals surface area contributed by atoms with Crippen molar-refractivity contribution in [3.63, 3.8) is 0 Å². The molecule has 0 atom stereocenters. The average molecular weight is 347 g/mol. The number of aromatic nitrogens is 3. The van der Waals surface area contributed by atoms with Gasteiger partial charge in [-0.3, -0.25) is 4.79 Å². The second-order valence-corrected chi connectivity index (χ2v) is 6.47. The molecule has 7 heteroatoms. The van der Waals surface area contributed by atoms with Crippen LogP contribution >= 0.6 is 11.8 Å². The minimum absolute atomic E-state index is 0.132. The largest absolute Gasteiger partial charge is 0.378 e. The quantitative estimate of drug-likeness (QED) is 0.744. The minimum atomic E-state index is 0.132. The molecule has 1 aromatic carbocycles. The normalized spacial score (nSPS) is 10.7. The Morgan fingerprint density at radius 3 is 2.50 bits per heavy atom. The Morgan fingerprint density at radius 1 is 1.21 bits per heavy atom. The minimum Gasteiger partial charge on any atom is -0.378 e. The van der Waals surface area contributed by atoms with Gasteiger partial charge in [0, 0.05) is 25.8 Å². The van der Waals surface area contributed by atoms with Gasteiger partial charge in [-0.25, -0.2) is 0 Å². The molecule has 0 bridgehead atoms. The first-order valence-electron chi connectivity index (χ1n) is 8.14. The number of carbonyl (C=O) groups is 1. The molecule has 6 nitrogen and oxygen atoms in total. The van der Waals surface area contributed by atoms with Gasteiger partial charge in [-0.15, -0.1) is 10.2 Å². The van der Waals surface area contributed by atoms with Gasteiger partial charge in [-0.2, -0.15) is 0 Å². The molecule has 0 aliphatic rings. The van der Waals surface area contributed by atoms with Crippen LogP contribution in [-0.2, 0) is 18.4 Å². The number of nitrogens with one attached hydrogen (secondary N) is 1. The highest BCUT2D eigenvalue weighted by molar-refractivity contribution is 7.99. The molecule has 0 unspecified atom stereocenters. The van der Waals surface area contributed by atoms with E-state index in [1.807, 2.05) is 42.5 Å². The maximum Gasteiger partial charge on any atom is 0.233 e. The van der Waals surface area contributed by atoms with E-state index in [0.717, 1.165) is 29.8 Å². The number of thioether (sulfide) groups is 1. The lowest BCUT2D eigenvalue weighted by Crippen LogP contribution is -2.31. The van der Waals surface area contributed by atoms with E-state index in [4.69, 9.17) is 0 Å². The van der Waals surface area contributed by atoms with E-state index in [1.54, 1.807) is 0 Å². The first kappa shape index (κ1) is 18.3. The molecule has 0 saturated carbocycles. The zero-order valence-electron chi connectivity index (χ0n) is 14.7. The van der Waals surface area contributed by atoms with Gasteiger partial charge in [0.2, 0.25) is 5.91 Å². The van der Waals surface area contributed by atoms with E-state index < -0.39 is 0 Å². The first-order valence-corrected chi connectivity index (χ1v) is 9.13. The summed E-state index contributed by atoms with van der Waals surface area (Å²) in [5, 5.41) is 12.5. The second-order valence-electron chi connectivity index (χ2n) is 5.53. The third-order valence-electron chi connectivity index (χ3n) is 3.87. The first-order chi connectivity index (χ1) is 11.5. The highest BCUT2D eigenvalue weighted by atomic mass is 32.2. The van der Waals surface area contributed by atoms with Crippen LogP contribution in [0.4, 0.5) is 5.69 Å². The topological polar surface area (TPSA) is 63.1 Å². The molecule has 130 valence electrons. The van der Waals surface area contributed by atoms with Crippen LogP contribution in [0.1, 0.15) is 25.2 Å². The molecule has 1 heterocycles. The lowest BCUT2D eigenvalue weighted by atomic mass is 10.2.